The molecule has 2 N–H and O–H groups in total. The van der Waals surface area contributed by atoms with Crippen molar-refractivity contribution >= 4 is 40.0 Å². The number of sulfonamides is 1. The molecule has 1 unspecified atom stereocenters. The summed E-state index contributed by atoms with van der Waals surface area (Å²) in [5.74, 6) is 1.24. The fourth-order valence-electron chi connectivity index (χ4n) is 2.91. The number of piperidine rings is 1. The Labute approximate surface area is 192 Å². The molecule has 1 aliphatic heterocycles. The van der Waals surface area contributed by atoms with E-state index in [9.17, 15) is 21.6 Å². The van der Waals surface area contributed by atoms with Gasteiger partial charge in [-0.3, -0.25) is 4.99 Å². The number of nitrogens with one attached hydrogen (secondary N) is 2. The quantitative estimate of drug-likeness (QED) is 0.316. The molecule has 0 aromatic heterocycles. The first-order valence-corrected chi connectivity index (χ1v) is 10.7. The maximum absolute atomic E-state index is 12.6. The van der Waals surface area contributed by atoms with E-state index >= 15 is 0 Å². The molecular formula is C18H28F3IN4O3S. The van der Waals surface area contributed by atoms with E-state index in [-0.39, 0.29) is 62.1 Å². The Balaban J connectivity index is 0.00000450. The lowest BCUT2D eigenvalue weighted by Gasteiger charge is -2.32. The van der Waals surface area contributed by atoms with E-state index in [0.717, 1.165) is 11.3 Å². The van der Waals surface area contributed by atoms with Gasteiger partial charge in [0.15, 0.2) is 5.96 Å². The lowest BCUT2D eigenvalue weighted by Crippen LogP contribution is -2.52. The Hall–Kier alpha value is -1.28. The number of aliphatic imine (C=N–C) groups is 1. The highest BCUT2D eigenvalue weighted by Crippen LogP contribution is 2.28. The number of aryl methyl sites for hydroxylation is 1. The molecule has 0 spiro atoms. The van der Waals surface area contributed by atoms with Crippen LogP contribution in [0.3, 0.4) is 0 Å². The Bertz CT molecular complexity index is 796. The molecule has 0 radical (unpaired) electrons. The standard InChI is InChI=1S/C18H27F3N4O3S.HI/c1-13-4-6-16(7-5-13)28-14(2)12-23-17(22-3)24-15-8-10-25(11-9-15)29(26,27)18(19,20)21;/h4-7,14-15H,8-12H2,1-3H3,(H2,22,23,24);1H. The van der Waals surface area contributed by atoms with E-state index in [1.807, 2.05) is 38.1 Å². The second-order valence-electron chi connectivity index (χ2n) is 6.96. The fourth-order valence-corrected chi connectivity index (χ4v) is 3.89. The molecule has 30 heavy (non-hydrogen) atoms. The third-order valence-corrected chi connectivity index (χ3v) is 6.20. The summed E-state index contributed by atoms with van der Waals surface area (Å²) in [5, 5.41) is 6.24. The van der Waals surface area contributed by atoms with Crippen molar-refractivity contribution in [2.45, 2.75) is 44.3 Å². The number of halogens is 4. The zero-order valence-corrected chi connectivity index (χ0v) is 20.2. The largest absolute Gasteiger partial charge is 0.511 e. The van der Waals surface area contributed by atoms with Crippen LogP contribution in [0, 0.1) is 6.92 Å². The highest BCUT2D eigenvalue weighted by Gasteiger charge is 2.50. The highest BCUT2D eigenvalue weighted by molar-refractivity contribution is 14.0. The molecule has 1 aromatic carbocycles. The van der Waals surface area contributed by atoms with E-state index in [4.69, 9.17) is 4.74 Å². The van der Waals surface area contributed by atoms with Crippen LogP contribution in [0.5, 0.6) is 5.75 Å². The molecule has 2 rings (SSSR count). The average Bonchev–Trinajstić information content (AvgIpc) is 2.66. The smallest absolute Gasteiger partial charge is 0.489 e. The molecule has 0 aliphatic carbocycles. The number of rotatable bonds is 6. The summed E-state index contributed by atoms with van der Waals surface area (Å²) >= 11 is 0. The van der Waals surface area contributed by atoms with Gasteiger partial charge in [0, 0.05) is 26.2 Å². The van der Waals surface area contributed by atoms with Crippen LogP contribution in [0.25, 0.3) is 0 Å². The third-order valence-electron chi connectivity index (χ3n) is 4.57. The number of ether oxygens (including phenoxy) is 1. The Kier molecular flexibility index (Phi) is 10.1. The van der Waals surface area contributed by atoms with Crippen LogP contribution in [0.4, 0.5) is 13.2 Å². The van der Waals surface area contributed by atoms with Gasteiger partial charge in [-0.05, 0) is 38.8 Å². The molecular weight excluding hydrogens is 536 g/mol. The summed E-state index contributed by atoms with van der Waals surface area (Å²) in [7, 11) is -3.68. The van der Waals surface area contributed by atoms with Gasteiger partial charge in [0.1, 0.15) is 11.9 Å². The maximum atomic E-state index is 12.6. The average molecular weight is 564 g/mol. The van der Waals surface area contributed by atoms with E-state index in [2.05, 4.69) is 15.6 Å². The van der Waals surface area contributed by atoms with Gasteiger partial charge in [-0.1, -0.05) is 17.7 Å². The minimum Gasteiger partial charge on any atom is -0.489 e. The summed E-state index contributed by atoms with van der Waals surface area (Å²) in [6.07, 6.45) is 0.367. The fraction of sp³-hybridized carbons (Fsp3) is 0.611. The van der Waals surface area contributed by atoms with E-state index in [0.29, 0.717) is 16.8 Å². The molecule has 0 bridgehead atoms. The van der Waals surface area contributed by atoms with Crippen molar-refractivity contribution in [3.63, 3.8) is 0 Å². The molecule has 12 heteroatoms. The molecule has 172 valence electrons. The normalized spacial score (nSPS) is 17.7. The summed E-state index contributed by atoms with van der Waals surface area (Å²) < 4.78 is 67.2. The minimum atomic E-state index is -5.27. The molecule has 0 amide bonds. The first-order valence-electron chi connectivity index (χ1n) is 9.30. The van der Waals surface area contributed by atoms with Crippen LogP contribution in [-0.2, 0) is 10.0 Å². The van der Waals surface area contributed by atoms with Crippen molar-refractivity contribution in [3.8, 4) is 5.75 Å². The van der Waals surface area contributed by atoms with Crippen LogP contribution in [0.2, 0.25) is 0 Å². The lowest BCUT2D eigenvalue weighted by atomic mass is 10.1. The minimum absolute atomic E-state index is 0. The number of benzene rings is 1. The number of hydrogen-bond acceptors (Lipinski definition) is 4. The second-order valence-corrected chi connectivity index (χ2v) is 8.89. The van der Waals surface area contributed by atoms with Crippen molar-refractivity contribution < 1.29 is 26.3 Å². The van der Waals surface area contributed by atoms with Gasteiger partial charge in [0.2, 0.25) is 0 Å². The van der Waals surface area contributed by atoms with E-state index in [1.54, 1.807) is 7.05 Å². The molecule has 1 fully saturated rings. The van der Waals surface area contributed by atoms with Crippen molar-refractivity contribution in [2.75, 3.05) is 26.7 Å². The van der Waals surface area contributed by atoms with Crippen molar-refractivity contribution in [1.29, 1.82) is 0 Å². The van der Waals surface area contributed by atoms with Gasteiger partial charge in [0.05, 0.1) is 6.54 Å². The van der Waals surface area contributed by atoms with Crippen LogP contribution in [0.1, 0.15) is 25.3 Å². The summed E-state index contributed by atoms with van der Waals surface area (Å²) in [6, 6.07) is 7.53. The molecule has 7 nitrogen and oxygen atoms in total. The SMILES string of the molecule is CN=C(NCC(C)Oc1ccc(C)cc1)NC1CCN(S(=O)(=O)C(F)(F)F)CC1.I. The van der Waals surface area contributed by atoms with Crippen LogP contribution < -0.4 is 15.4 Å². The maximum Gasteiger partial charge on any atom is 0.511 e. The highest BCUT2D eigenvalue weighted by atomic mass is 127. The van der Waals surface area contributed by atoms with Gasteiger partial charge in [0.25, 0.3) is 0 Å². The summed E-state index contributed by atoms with van der Waals surface area (Å²) in [5.41, 5.74) is -4.12. The zero-order valence-electron chi connectivity index (χ0n) is 17.1. The van der Waals surface area contributed by atoms with Gasteiger partial charge in [-0.2, -0.15) is 17.5 Å². The van der Waals surface area contributed by atoms with Crippen molar-refractivity contribution in [3.05, 3.63) is 29.8 Å². The van der Waals surface area contributed by atoms with Gasteiger partial charge >= 0.3 is 15.5 Å². The zero-order chi connectivity index (χ0) is 21.7. The van der Waals surface area contributed by atoms with Crippen LogP contribution in [-0.4, -0.2) is 63.0 Å². The second kappa shape index (κ2) is 11.4. The Morgan fingerprint density at radius 1 is 1.27 bits per heavy atom. The predicted octanol–water partition coefficient (Wildman–Crippen LogP) is 2.86. The molecule has 1 saturated heterocycles. The van der Waals surface area contributed by atoms with Gasteiger partial charge in [-0.15, -0.1) is 24.0 Å². The first kappa shape index (κ1) is 26.8. The lowest BCUT2D eigenvalue weighted by molar-refractivity contribution is -0.0494. The third kappa shape index (κ3) is 7.45. The van der Waals surface area contributed by atoms with E-state index < -0.39 is 15.5 Å². The van der Waals surface area contributed by atoms with Crippen molar-refractivity contribution in [1.82, 2.24) is 14.9 Å². The monoisotopic (exact) mass is 564 g/mol. The molecule has 1 aliphatic rings. The molecule has 1 aromatic rings. The summed E-state index contributed by atoms with van der Waals surface area (Å²) in [4.78, 5) is 4.11. The summed E-state index contributed by atoms with van der Waals surface area (Å²) in [6.45, 7) is 3.98. The van der Waals surface area contributed by atoms with Gasteiger partial charge in [-0.25, -0.2) is 8.42 Å². The molecule has 1 heterocycles. The van der Waals surface area contributed by atoms with Gasteiger partial charge < -0.3 is 15.4 Å². The number of guanidine groups is 1. The number of alkyl halides is 3. The van der Waals surface area contributed by atoms with Crippen LogP contribution in [0.15, 0.2) is 29.3 Å². The van der Waals surface area contributed by atoms with E-state index in [1.165, 1.54) is 0 Å². The Morgan fingerprint density at radius 3 is 2.33 bits per heavy atom. The number of hydrogen-bond donors (Lipinski definition) is 2. The topological polar surface area (TPSA) is 83.0 Å². The first-order chi connectivity index (χ1) is 13.5. The van der Waals surface area contributed by atoms with Crippen molar-refractivity contribution in [2.24, 2.45) is 4.99 Å². The number of nitrogens with zero attached hydrogens (tertiary/aromatic N) is 2. The molecule has 0 saturated carbocycles. The molecule has 1 atom stereocenters. The predicted molar refractivity (Wildman–Crippen MR) is 121 cm³/mol. The van der Waals surface area contributed by atoms with Crippen LogP contribution >= 0.6 is 24.0 Å². The Morgan fingerprint density at radius 2 is 1.83 bits per heavy atom.